The maximum atomic E-state index is 13.2. The number of thiophene rings is 1. The number of nitrogens with two attached hydrogens (primary N) is 1. The van der Waals surface area contributed by atoms with Crippen molar-refractivity contribution in [2.75, 3.05) is 18.5 Å². The average molecular weight is 492 g/mol. The molecule has 0 unspecified atom stereocenters. The largest absolute Gasteiger partial charge is 0.450 e. The first-order chi connectivity index (χ1) is 16.9. The molecule has 1 aliphatic rings. The predicted molar refractivity (Wildman–Crippen MR) is 132 cm³/mol. The van der Waals surface area contributed by atoms with E-state index in [4.69, 9.17) is 14.9 Å². The molecule has 0 radical (unpaired) electrons. The monoisotopic (exact) mass is 491 g/mol. The number of amides is 3. The molecular formula is C25H21N3O6S. The minimum Gasteiger partial charge on any atom is -0.450 e. The molecule has 3 amide bonds. The Kier molecular flexibility index (Phi) is 5.73. The van der Waals surface area contributed by atoms with Crippen LogP contribution in [0.5, 0.6) is 0 Å². The van der Waals surface area contributed by atoms with Gasteiger partial charge >= 0.3 is 11.7 Å². The van der Waals surface area contributed by atoms with Crippen LogP contribution in [0, 0.1) is 0 Å². The average Bonchev–Trinajstić information content (AvgIpc) is 3.20. The fraction of sp³-hybridized carbons (Fsp3) is 0.200. The Morgan fingerprint density at radius 2 is 1.97 bits per heavy atom. The van der Waals surface area contributed by atoms with Gasteiger partial charge in [-0.3, -0.25) is 9.59 Å². The Hall–Kier alpha value is -4.18. The van der Waals surface area contributed by atoms with Crippen molar-refractivity contribution >= 4 is 56.0 Å². The Morgan fingerprint density at radius 1 is 1.17 bits per heavy atom. The fourth-order valence-corrected chi connectivity index (χ4v) is 5.59. The molecular weight excluding hydrogens is 470 g/mol. The lowest BCUT2D eigenvalue weighted by atomic mass is 10.0. The maximum absolute atomic E-state index is 13.2. The zero-order valence-corrected chi connectivity index (χ0v) is 19.6. The Labute approximate surface area is 203 Å². The number of carbonyl (C=O) groups excluding carboxylic acids is 3. The van der Waals surface area contributed by atoms with Gasteiger partial charge in [0, 0.05) is 16.8 Å². The highest BCUT2D eigenvalue weighted by Crippen LogP contribution is 2.37. The highest BCUT2D eigenvalue weighted by Gasteiger charge is 2.30. The number of fused-ring (bicyclic) bond motifs is 4. The summed E-state index contributed by atoms with van der Waals surface area (Å²) in [4.78, 5) is 52.4. The topological polar surface area (TPSA) is 132 Å². The molecule has 178 valence electrons. The van der Waals surface area contributed by atoms with Gasteiger partial charge in [-0.2, -0.15) is 0 Å². The minimum atomic E-state index is -0.791. The van der Waals surface area contributed by atoms with Crippen molar-refractivity contribution in [3.8, 4) is 0 Å². The van der Waals surface area contributed by atoms with Crippen LogP contribution in [0.25, 0.3) is 21.7 Å². The number of primary amides is 1. The molecule has 3 heterocycles. The van der Waals surface area contributed by atoms with Crippen molar-refractivity contribution in [1.29, 1.82) is 0 Å². The molecule has 35 heavy (non-hydrogen) atoms. The van der Waals surface area contributed by atoms with Crippen molar-refractivity contribution in [2.24, 2.45) is 5.73 Å². The van der Waals surface area contributed by atoms with Gasteiger partial charge in [-0.25, -0.2) is 9.59 Å². The van der Waals surface area contributed by atoms with Crippen LogP contribution in [0.3, 0.4) is 0 Å². The van der Waals surface area contributed by atoms with Crippen molar-refractivity contribution in [2.45, 2.75) is 19.9 Å². The van der Waals surface area contributed by atoms with Gasteiger partial charge in [-0.05, 0) is 41.8 Å². The van der Waals surface area contributed by atoms with Crippen molar-refractivity contribution in [3.63, 3.8) is 0 Å². The van der Waals surface area contributed by atoms with E-state index < -0.39 is 23.5 Å². The SMILES string of the molecule is CCOC(=O)N1CCc2c(sc(NC(=O)c3cc4c(ccc5ccccc54)oc3=O)c2C(N)=O)C1. The van der Waals surface area contributed by atoms with Gasteiger partial charge in [0.15, 0.2) is 0 Å². The normalized spacial score (nSPS) is 13.0. The van der Waals surface area contributed by atoms with Crippen LogP contribution in [-0.4, -0.2) is 36.0 Å². The van der Waals surface area contributed by atoms with Crippen LogP contribution < -0.4 is 16.7 Å². The van der Waals surface area contributed by atoms with Gasteiger partial charge in [0.25, 0.3) is 11.8 Å². The molecule has 2 aromatic heterocycles. The van der Waals surface area contributed by atoms with E-state index in [2.05, 4.69) is 5.32 Å². The van der Waals surface area contributed by atoms with Crippen LogP contribution in [0.4, 0.5) is 9.80 Å². The van der Waals surface area contributed by atoms with Crippen molar-refractivity contribution in [3.05, 3.63) is 74.5 Å². The van der Waals surface area contributed by atoms with Crippen molar-refractivity contribution < 1.29 is 23.5 Å². The molecule has 1 aliphatic heterocycles. The molecule has 0 fully saturated rings. The highest BCUT2D eigenvalue weighted by molar-refractivity contribution is 7.17. The zero-order chi connectivity index (χ0) is 24.7. The summed E-state index contributed by atoms with van der Waals surface area (Å²) in [5.41, 5.74) is 5.91. The van der Waals surface area contributed by atoms with E-state index >= 15 is 0 Å². The second kappa shape index (κ2) is 8.88. The number of anilines is 1. The molecule has 4 aromatic rings. The Balaban J connectivity index is 1.51. The van der Waals surface area contributed by atoms with E-state index in [9.17, 15) is 19.2 Å². The second-order valence-corrected chi connectivity index (χ2v) is 9.15. The van der Waals surface area contributed by atoms with Gasteiger partial charge < -0.3 is 25.1 Å². The van der Waals surface area contributed by atoms with Crippen LogP contribution in [0.1, 0.15) is 38.1 Å². The Bertz CT molecular complexity index is 1570. The van der Waals surface area contributed by atoms with E-state index in [-0.39, 0.29) is 29.3 Å². The summed E-state index contributed by atoms with van der Waals surface area (Å²) in [7, 11) is 0. The van der Waals surface area contributed by atoms with Gasteiger partial charge in [0.05, 0.1) is 18.7 Å². The number of nitrogens with zero attached hydrogens (tertiary/aromatic N) is 1. The standard InChI is InChI=1S/C25H21N3O6S/c1-2-33-25(32)28-10-9-15-19(12-28)35-23(20(15)21(26)29)27-22(30)17-11-16-14-6-4-3-5-13(14)7-8-18(16)34-24(17)31/h3-8,11H,2,9-10,12H2,1H3,(H2,26,29)(H,27,30). The van der Waals surface area contributed by atoms with Gasteiger partial charge in [-0.1, -0.05) is 30.3 Å². The molecule has 0 aliphatic carbocycles. The Morgan fingerprint density at radius 3 is 2.74 bits per heavy atom. The minimum absolute atomic E-state index is 0.191. The number of hydrogen-bond donors (Lipinski definition) is 2. The lowest BCUT2D eigenvalue weighted by Crippen LogP contribution is -2.36. The summed E-state index contributed by atoms with van der Waals surface area (Å²) in [6, 6.07) is 12.6. The lowest BCUT2D eigenvalue weighted by molar-refractivity contribution is 0.0997. The van der Waals surface area contributed by atoms with Gasteiger partial charge in [-0.15, -0.1) is 11.3 Å². The van der Waals surface area contributed by atoms with E-state index in [1.165, 1.54) is 11.0 Å². The number of carbonyl (C=O) groups is 3. The summed E-state index contributed by atoms with van der Waals surface area (Å²) < 4.78 is 10.5. The van der Waals surface area contributed by atoms with Gasteiger partial charge in [0.1, 0.15) is 16.1 Å². The third kappa shape index (κ3) is 4.01. The smallest absolute Gasteiger partial charge is 0.410 e. The molecule has 2 aromatic carbocycles. The number of benzene rings is 2. The van der Waals surface area contributed by atoms with Crippen LogP contribution in [0.2, 0.25) is 0 Å². The molecule has 0 saturated carbocycles. The molecule has 0 spiro atoms. The second-order valence-electron chi connectivity index (χ2n) is 8.04. The lowest BCUT2D eigenvalue weighted by Gasteiger charge is -2.26. The van der Waals surface area contributed by atoms with E-state index in [1.54, 1.807) is 13.0 Å². The summed E-state index contributed by atoms with van der Waals surface area (Å²) in [5.74, 6) is -1.41. The molecule has 10 heteroatoms. The quantitative estimate of drug-likeness (QED) is 0.329. The number of ether oxygens (including phenoxy) is 1. The third-order valence-corrected chi connectivity index (χ3v) is 7.08. The predicted octanol–water partition coefficient (Wildman–Crippen LogP) is 3.87. The van der Waals surface area contributed by atoms with E-state index in [1.807, 2.05) is 30.3 Å². The molecule has 9 nitrogen and oxygen atoms in total. The fourth-order valence-electron chi connectivity index (χ4n) is 4.32. The molecule has 0 bridgehead atoms. The van der Waals surface area contributed by atoms with E-state index in [0.29, 0.717) is 29.5 Å². The summed E-state index contributed by atoms with van der Waals surface area (Å²) in [6.07, 6.45) is -0.0538. The molecule has 0 atom stereocenters. The highest BCUT2D eigenvalue weighted by atomic mass is 32.1. The number of nitrogens with one attached hydrogen (secondary N) is 1. The number of rotatable bonds is 4. The first-order valence-electron chi connectivity index (χ1n) is 11.0. The summed E-state index contributed by atoms with van der Waals surface area (Å²) >= 11 is 1.15. The zero-order valence-electron chi connectivity index (χ0n) is 18.8. The molecule has 5 rings (SSSR count). The number of hydrogen-bond acceptors (Lipinski definition) is 7. The first kappa shape index (κ1) is 22.6. The van der Waals surface area contributed by atoms with Gasteiger partial charge in [0.2, 0.25) is 0 Å². The molecule has 3 N–H and O–H groups in total. The summed E-state index contributed by atoms with van der Waals surface area (Å²) in [5, 5.41) is 5.31. The maximum Gasteiger partial charge on any atom is 0.410 e. The van der Waals surface area contributed by atoms with E-state index in [0.717, 1.165) is 27.0 Å². The molecule has 0 saturated heterocycles. The summed E-state index contributed by atoms with van der Waals surface area (Å²) in [6.45, 7) is 2.57. The third-order valence-electron chi connectivity index (χ3n) is 5.94. The van der Waals surface area contributed by atoms with Crippen LogP contribution >= 0.6 is 11.3 Å². The first-order valence-corrected chi connectivity index (χ1v) is 11.8. The van der Waals surface area contributed by atoms with Crippen molar-refractivity contribution in [1.82, 2.24) is 4.90 Å². The van der Waals surface area contributed by atoms with Crippen LogP contribution in [-0.2, 0) is 17.7 Å². The van der Waals surface area contributed by atoms with Crippen LogP contribution in [0.15, 0.2) is 51.7 Å².